The maximum Gasteiger partial charge on any atom is 0.253 e. The Kier molecular flexibility index (Phi) is 3.94. The summed E-state index contributed by atoms with van der Waals surface area (Å²) < 4.78 is 2.74. The molecule has 3 rings (SSSR count). The Balaban J connectivity index is 1.78. The van der Waals surface area contributed by atoms with Crippen molar-refractivity contribution in [1.82, 2.24) is 14.7 Å². The number of nitrogens with one attached hydrogen (secondary N) is 1. The Morgan fingerprint density at radius 2 is 2.19 bits per heavy atom. The van der Waals surface area contributed by atoms with E-state index >= 15 is 0 Å². The van der Waals surface area contributed by atoms with Crippen molar-refractivity contribution in [2.45, 2.75) is 6.54 Å². The minimum atomic E-state index is -0.228. The van der Waals surface area contributed by atoms with Crippen molar-refractivity contribution in [2.75, 3.05) is 0 Å². The van der Waals surface area contributed by atoms with E-state index in [4.69, 9.17) is 11.6 Å². The first-order valence-corrected chi connectivity index (χ1v) is 7.46. The van der Waals surface area contributed by atoms with Gasteiger partial charge in [0, 0.05) is 10.7 Å². The van der Waals surface area contributed by atoms with Crippen molar-refractivity contribution >= 4 is 39.0 Å². The average Bonchev–Trinajstić information content (AvgIpc) is 2.90. The van der Waals surface area contributed by atoms with Crippen molar-refractivity contribution in [3.8, 4) is 0 Å². The molecular weight excluding hydrogens is 354 g/mol. The highest BCUT2D eigenvalue weighted by Gasteiger charge is 2.12. The lowest BCUT2D eigenvalue weighted by Crippen LogP contribution is -2.24. The van der Waals surface area contributed by atoms with Crippen LogP contribution in [0.15, 0.2) is 53.3 Å². The average molecular weight is 365 g/mol. The van der Waals surface area contributed by atoms with E-state index in [0.29, 0.717) is 17.1 Å². The Labute approximate surface area is 134 Å². The highest BCUT2D eigenvalue weighted by atomic mass is 79.9. The van der Waals surface area contributed by atoms with E-state index in [-0.39, 0.29) is 5.91 Å². The van der Waals surface area contributed by atoms with Gasteiger partial charge in [0.05, 0.1) is 28.8 Å². The molecule has 0 unspecified atom stereocenters. The van der Waals surface area contributed by atoms with Crippen LogP contribution in [-0.4, -0.2) is 15.3 Å². The van der Waals surface area contributed by atoms with Crippen LogP contribution in [-0.2, 0) is 6.54 Å². The quantitative estimate of drug-likeness (QED) is 0.770. The van der Waals surface area contributed by atoms with Gasteiger partial charge in [0.25, 0.3) is 5.91 Å². The van der Waals surface area contributed by atoms with Crippen LogP contribution in [0.25, 0.3) is 5.52 Å². The van der Waals surface area contributed by atoms with Gasteiger partial charge in [0.15, 0.2) is 0 Å². The zero-order chi connectivity index (χ0) is 14.8. The normalized spacial score (nSPS) is 10.8. The predicted octanol–water partition coefficient (Wildman–Crippen LogP) is 3.68. The maximum absolute atomic E-state index is 12.2. The molecule has 1 amide bonds. The molecule has 0 aliphatic carbocycles. The molecular formula is C15H11BrClN3O. The van der Waals surface area contributed by atoms with Crippen molar-refractivity contribution < 1.29 is 4.79 Å². The molecule has 21 heavy (non-hydrogen) atoms. The monoisotopic (exact) mass is 363 g/mol. The molecule has 6 heteroatoms. The number of aromatic nitrogens is 2. The van der Waals surface area contributed by atoms with E-state index in [2.05, 4.69) is 26.2 Å². The predicted molar refractivity (Wildman–Crippen MR) is 85.5 cm³/mol. The van der Waals surface area contributed by atoms with Crippen molar-refractivity contribution in [2.24, 2.45) is 0 Å². The van der Waals surface area contributed by atoms with Crippen molar-refractivity contribution in [3.05, 3.63) is 69.7 Å². The van der Waals surface area contributed by atoms with E-state index < -0.39 is 0 Å². The molecule has 2 heterocycles. The van der Waals surface area contributed by atoms with Gasteiger partial charge < -0.3 is 9.72 Å². The van der Waals surface area contributed by atoms with Crippen LogP contribution >= 0.6 is 27.5 Å². The van der Waals surface area contributed by atoms with E-state index in [1.807, 2.05) is 28.8 Å². The molecule has 4 nitrogen and oxygen atoms in total. The minimum Gasteiger partial charge on any atom is -0.345 e. The lowest BCUT2D eigenvalue weighted by atomic mass is 10.2. The number of rotatable bonds is 3. The zero-order valence-corrected chi connectivity index (χ0v) is 13.2. The Hall–Kier alpha value is -1.85. The highest BCUT2D eigenvalue weighted by Crippen LogP contribution is 2.21. The Bertz CT molecular complexity index is 816. The summed E-state index contributed by atoms with van der Waals surface area (Å²) in [5, 5.41) is 3.25. The number of imidazole rings is 1. The highest BCUT2D eigenvalue weighted by molar-refractivity contribution is 9.10. The Morgan fingerprint density at radius 3 is 3.05 bits per heavy atom. The topological polar surface area (TPSA) is 46.4 Å². The fourth-order valence-corrected chi connectivity index (χ4v) is 2.62. The molecule has 0 spiro atoms. The molecule has 3 aromatic rings. The Morgan fingerprint density at radius 1 is 1.33 bits per heavy atom. The number of carbonyl (C=O) groups excluding carboxylic acids is 1. The van der Waals surface area contributed by atoms with Gasteiger partial charge in [-0.15, -0.1) is 0 Å². The minimum absolute atomic E-state index is 0.228. The number of pyridine rings is 1. The van der Waals surface area contributed by atoms with Gasteiger partial charge in [-0.3, -0.25) is 4.79 Å². The van der Waals surface area contributed by atoms with Crippen molar-refractivity contribution in [1.29, 1.82) is 0 Å². The second-order valence-corrected chi connectivity index (χ2v) is 5.80. The lowest BCUT2D eigenvalue weighted by Gasteiger charge is -2.07. The first-order chi connectivity index (χ1) is 10.1. The summed E-state index contributed by atoms with van der Waals surface area (Å²) in [5.41, 5.74) is 1.43. The van der Waals surface area contributed by atoms with E-state index in [0.717, 1.165) is 15.8 Å². The first kappa shape index (κ1) is 14.1. The van der Waals surface area contributed by atoms with E-state index in [1.165, 1.54) is 0 Å². The zero-order valence-electron chi connectivity index (χ0n) is 10.9. The molecule has 0 saturated heterocycles. The maximum atomic E-state index is 12.2. The van der Waals surface area contributed by atoms with Gasteiger partial charge in [-0.2, -0.15) is 0 Å². The fourth-order valence-electron chi connectivity index (χ4n) is 2.06. The summed E-state index contributed by atoms with van der Waals surface area (Å²) in [6, 6.07) is 11.0. The molecule has 0 radical (unpaired) electrons. The molecule has 0 saturated carbocycles. The van der Waals surface area contributed by atoms with E-state index in [1.54, 1.807) is 24.4 Å². The third kappa shape index (κ3) is 2.94. The molecule has 106 valence electrons. The molecule has 0 atom stereocenters. The molecule has 0 bridgehead atoms. The number of hydrogen-bond donors (Lipinski definition) is 1. The smallest absolute Gasteiger partial charge is 0.253 e. The summed E-state index contributed by atoms with van der Waals surface area (Å²) in [5.74, 6) is 0.541. The summed E-state index contributed by atoms with van der Waals surface area (Å²) >= 11 is 9.38. The van der Waals surface area contributed by atoms with Crippen LogP contribution in [0.1, 0.15) is 16.2 Å². The van der Waals surface area contributed by atoms with Gasteiger partial charge in [0.1, 0.15) is 5.82 Å². The third-order valence-corrected chi connectivity index (χ3v) is 3.92. The van der Waals surface area contributed by atoms with Crippen LogP contribution in [0.4, 0.5) is 0 Å². The standard InChI is InChI=1S/C15H11BrClN3O/c16-10-4-5-13(17)12(7-10)15(21)19-9-14-18-8-11-3-1-2-6-20(11)14/h1-8H,9H2,(H,19,21). The molecule has 2 aromatic heterocycles. The van der Waals surface area contributed by atoms with Gasteiger partial charge in [-0.1, -0.05) is 33.6 Å². The SMILES string of the molecule is O=C(NCc1ncc2ccccn12)c1cc(Br)ccc1Cl. The number of benzene rings is 1. The van der Waals surface area contributed by atoms with Gasteiger partial charge in [-0.05, 0) is 30.3 Å². The second kappa shape index (κ2) is 5.87. The number of halogens is 2. The van der Waals surface area contributed by atoms with Crippen LogP contribution in [0.2, 0.25) is 5.02 Å². The fraction of sp³-hybridized carbons (Fsp3) is 0.0667. The largest absolute Gasteiger partial charge is 0.345 e. The van der Waals surface area contributed by atoms with Crippen LogP contribution in [0.3, 0.4) is 0 Å². The molecule has 0 fully saturated rings. The first-order valence-electron chi connectivity index (χ1n) is 6.29. The number of nitrogens with zero attached hydrogens (tertiary/aromatic N) is 2. The molecule has 0 aliphatic heterocycles. The summed E-state index contributed by atoms with van der Waals surface area (Å²) in [6.45, 7) is 0.333. The van der Waals surface area contributed by atoms with E-state index in [9.17, 15) is 4.79 Å². The second-order valence-electron chi connectivity index (χ2n) is 4.48. The molecule has 1 aromatic carbocycles. The summed E-state index contributed by atoms with van der Waals surface area (Å²) in [6.07, 6.45) is 3.68. The molecule has 1 N–H and O–H groups in total. The number of amides is 1. The number of carbonyl (C=O) groups is 1. The molecule has 0 aliphatic rings. The number of hydrogen-bond acceptors (Lipinski definition) is 2. The van der Waals surface area contributed by atoms with Crippen LogP contribution in [0.5, 0.6) is 0 Å². The van der Waals surface area contributed by atoms with Gasteiger partial charge in [-0.25, -0.2) is 4.98 Å². The van der Waals surface area contributed by atoms with Gasteiger partial charge in [0.2, 0.25) is 0 Å². The third-order valence-electron chi connectivity index (χ3n) is 3.10. The van der Waals surface area contributed by atoms with Crippen LogP contribution in [0, 0.1) is 0 Å². The van der Waals surface area contributed by atoms with Crippen LogP contribution < -0.4 is 5.32 Å². The summed E-state index contributed by atoms with van der Waals surface area (Å²) in [7, 11) is 0. The summed E-state index contributed by atoms with van der Waals surface area (Å²) in [4.78, 5) is 16.5. The number of fused-ring (bicyclic) bond motifs is 1. The van der Waals surface area contributed by atoms with Gasteiger partial charge >= 0.3 is 0 Å². The van der Waals surface area contributed by atoms with Crippen molar-refractivity contribution in [3.63, 3.8) is 0 Å². The lowest BCUT2D eigenvalue weighted by molar-refractivity contribution is 0.0950.